The van der Waals surface area contributed by atoms with Gasteiger partial charge < -0.3 is 20.7 Å². The first-order valence-corrected chi connectivity index (χ1v) is 6.45. The maximum absolute atomic E-state index is 10.6. The highest BCUT2D eigenvalue weighted by atomic mass is 16.5. The normalized spacial score (nSPS) is 10.7. The van der Waals surface area contributed by atoms with Gasteiger partial charge in [-0.2, -0.15) is 0 Å². The number of nitrogens with two attached hydrogens (primary N) is 1. The molecular formula is C14H23N3O2. The van der Waals surface area contributed by atoms with Gasteiger partial charge in [0.05, 0.1) is 0 Å². The number of carbonyl (C=O) groups excluding carboxylic acids is 1. The molecule has 0 fully saturated rings. The predicted octanol–water partition coefficient (Wildman–Crippen LogP) is 0.592. The van der Waals surface area contributed by atoms with E-state index in [-0.39, 0.29) is 6.61 Å². The maximum atomic E-state index is 10.6. The van der Waals surface area contributed by atoms with Crippen LogP contribution in [0.5, 0.6) is 5.75 Å². The van der Waals surface area contributed by atoms with Crippen molar-refractivity contribution in [1.29, 1.82) is 0 Å². The molecule has 0 radical (unpaired) electrons. The van der Waals surface area contributed by atoms with Crippen molar-refractivity contribution in [2.75, 3.05) is 33.8 Å². The lowest BCUT2D eigenvalue weighted by molar-refractivity contribution is -0.119. The molecule has 0 heterocycles. The SMILES string of the molecule is CNCCCN(C)Cc1ccc(OCC(N)=O)cc1. The minimum absolute atomic E-state index is 0.0801. The van der Waals surface area contributed by atoms with E-state index in [1.165, 1.54) is 5.56 Å². The van der Waals surface area contributed by atoms with Crippen molar-refractivity contribution in [1.82, 2.24) is 10.2 Å². The van der Waals surface area contributed by atoms with Gasteiger partial charge in [0.25, 0.3) is 5.91 Å². The van der Waals surface area contributed by atoms with Gasteiger partial charge in [-0.05, 0) is 51.3 Å². The fraction of sp³-hybridized carbons (Fsp3) is 0.500. The van der Waals surface area contributed by atoms with Crippen LogP contribution in [-0.4, -0.2) is 44.6 Å². The summed E-state index contributed by atoms with van der Waals surface area (Å²) in [7, 11) is 4.07. The van der Waals surface area contributed by atoms with Crippen LogP contribution >= 0.6 is 0 Å². The largest absolute Gasteiger partial charge is 0.484 e. The third-order valence-electron chi connectivity index (χ3n) is 2.72. The topological polar surface area (TPSA) is 67.6 Å². The summed E-state index contributed by atoms with van der Waals surface area (Å²) >= 11 is 0. The van der Waals surface area contributed by atoms with E-state index in [0.29, 0.717) is 5.75 Å². The van der Waals surface area contributed by atoms with Crippen LogP contribution in [0.2, 0.25) is 0 Å². The van der Waals surface area contributed by atoms with Crippen LogP contribution < -0.4 is 15.8 Å². The van der Waals surface area contributed by atoms with E-state index in [1.54, 1.807) is 0 Å². The van der Waals surface area contributed by atoms with Crippen molar-refractivity contribution in [3.8, 4) is 5.75 Å². The number of ether oxygens (including phenoxy) is 1. The predicted molar refractivity (Wildman–Crippen MR) is 76.0 cm³/mol. The van der Waals surface area contributed by atoms with E-state index in [9.17, 15) is 4.79 Å². The first kappa shape index (κ1) is 15.5. The van der Waals surface area contributed by atoms with Gasteiger partial charge in [0.15, 0.2) is 6.61 Å². The molecule has 3 N–H and O–H groups in total. The van der Waals surface area contributed by atoms with E-state index in [1.807, 2.05) is 31.3 Å². The molecule has 1 aromatic rings. The molecule has 0 aromatic heterocycles. The molecule has 1 aromatic carbocycles. The highest BCUT2D eigenvalue weighted by Gasteiger charge is 2.01. The number of benzene rings is 1. The molecule has 5 nitrogen and oxygen atoms in total. The third-order valence-corrected chi connectivity index (χ3v) is 2.72. The summed E-state index contributed by atoms with van der Waals surface area (Å²) in [4.78, 5) is 12.9. The van der Waals surface area contributed by atoms with Crippen LogP contribution in [0.4, 0.5) is 0 Å². The number of carbonyl (C=O) groups is 1. The molecule has 0 aliphatic rings. The van der Waals surface area contributed by atoms with Crippen molar-refractivity contribution in [2.24, 2.45) is 5.73 Å². The van der Waals surface area contributed by atoms with Crippen molar-refractivity contribution in [3.63, 3.8) is 0 Å². The molecule has 0 aliphatic carbocycles. The monoisotopic (exact) mass is 265 g/mol. The molecule has 0 bridgehead atoms. The minimum Gasteiger partial charge on any atom is -0.484 e. The highest BCUT2D eigenvalue weighted by molar-refractivity contribution is 5.75. The van der Waals surface area contributed by atoms with Crippen LogP contribution in [0.25, 0.3) is 0 Å². The molecule has 1 amide bonds. The Balaban J connectivity index is 2.36. The second kappa shape index (κ2) is 8.50. The Bertz CT molecular complexity index is 379. The maximum Gasteiger partial charge on any atom is 0.255 e. The quantitative estimate of drug-likeness (QED) is 0.641. The molecule has 1 rings (SSSR count). The summed E-state index contributed by atoms with van der Waals surface area (Å²) < 4.78 is 5.21. The van der Waals surface area contributed by atoms with Gasteiger partial charge in [-0.25, -0.2) is 0 Å². The van der Waals surface area contributed by atoms with Crippen molar-refractivity contribution < 1.29 is 9.53 Å². The summed E-state index contributed by atoms with van der Waals surface area (Å²) in [6.45, 7) is 2.91. The number of rotatable bonds is 9. The second-order valence-electron chi connectivity index (χ2n) is 4.59. The smallest absolute Gasteiger partial charge is 0.255 e. The van der Waals surface area contributed by atoms with E-state index in [2.05, 4.69) is 17.3 Å². The molecule has 0 saturated heterocycles. The van der Waals surface area contributed by atoms with Crippen molar-refractivity contribution in [2.45, 2.75) is 13.0 Å². The lowest BCUT2D eigenvalue weighted by Crippen LogP contribution is -2.22. The van der Waals surface area contributed by atoms with Crippen LogP contribution in [-0.2, 0) is 11.3 Å². The lowest BCUT2D eigenvalue weighted by Gasteiger charge is -2.16. The molecule has 0 atom stereocenters. The Hall–Kier alpha value is -1.59. The minimum atomic E-state index is -0.464. The molecule has 0 saturated carbocycles. The molecule has 0 unspecified atom stereocenters. The van der Waals surface area contributed by atoms with Crippen molar-refractivity contribution in [3.05, 3.63) is 29.8 Å². The van der Waals surface area contributed by atoms with Crippen LogP contribution in [0, 0.1) is 0 Å². The Labute approximate surface area is 114 Å². The third kappa shape index (κ3) is 6.79. The lowest BCUT2D eigenvalue weighted by atomic mass is 10.2. The first-order valence-electron chi connectivity index (χ1n) is 6.45. The number of nitrogens with one attached hydrogen (secondary N) is 1. The molecule has 5 heteroatoms. The van der Waals surface area contributed by atoms with E-state index < -0.39 is 5.91 Å². The zero-order valence-electron chi connectivity index (χ0n) is 11.7. The van der Waals surface area contributed by atoms with E-state index in [4.69, 9.17) is 10.5 Å². The summed E-state index contributed by atoms with van der Waals surface area (Å²) in [5.41, 5.74) is 6.24. The summed E-state index contributed by atoms with van der Waals surface area (Å²) in [6, 6.07) is 7.73. The molecule has 19 heavy (non-hydrogen) atoms. The fourth-order valence-corrected chi connectivity index (χ4v) is 1.76. The van der Waals surface area contributed by atoms with Gasteiger partial charge in [0.1, 0.15) is 5.75 Å². The number of nitrogens with zero attached hydrogens (tertiary/aromatic N) is 1. The van der Waals surface area contributed by atoms with E-state index in [0.717, 1.165) is 26.1 Å². The zero-order valence-corrected chi connectivity index (χ0v) is 11.7. The average Bonchev–Trinajstić information content (AvgIpc) is 2.38. The first-order chi connectivity index (χ1) is 9.11. The van der Waals surface area contributed by atoms with Gasteiger partial charge >= 0.3 is 0 Å². The van der Waals surface area contributed by atoms with Gasteiger partial charge in [-0.15, -0.1) is 0 Å². The molecule has 106 valence electrons. The summed E-state index contributed by atoms with van der Waals surface area (Å²) in [5.74, 6) is 0.203. The van der Waals surface area contributed by atoms with Gasteiger partial charge in [0, 0.05) is 6.54 Å². The Morgan fingerprint density at radius 1 is 1.37 bits per heavy atom. The highest BCUT2D eigenvalue weighted by Crippen LogP contribution is 2.13. The molecular weight excluding hydrogens is 242 g/mol. The number of hydrogen-bond acceptors (Lipinski definition) is 4. The second-order valence-corrected chi connectivity index (χ2v) is 4.59. The average molecular weight is 265 g/mol. The Morgan fingerprint density at radius 2 is 2.05 bits per heavy atom. The Kier molecular flexibility index (Phi) is 6.92. The summed E-state index contributed by atoms with van der Waals surface area (Å²) in [6.07, 6.45) is 1.13. The summed E-state index contributed by atoms with van der Waals surface area (Å²) in [5, 5.41) is 3.14. The standard InChI is InChI=1S/C14H23N3O2/c1-16-8-3-9-17(2)10-12-4-6-13(7-5-12)19-11-14(15)18/h4-7,16H,3,8-11H2,1-2H3,(H2,15,18). The molecule has 0 spiro atoms. The van der Waals surface area contributed by atoms with Crippen molar-refractivity contribution >= 4 is 5.91 Å². The number of hydrogen-bond donors (Lipinski definition) is 2. The number of amides is 1. The van der Waals surface area contributed by atoms with Gasteiger partial charge in [-0.1, -0.05) is 12.1 Å². The van der Waals surface area contributed by atoms with Gasteiger partial charge in [0.2, 0.25) is 0 Å². The van der Waals surface area contributed by atoms with Crippen LogP contribution in [0.1, 0.15) is 12.0 Å². The molecule has 0 aliphatic heterocycles. The zero-order chi connectivity index (χ0) is 14.1. The van der Waals surface area contributed by atoms with Gasteiger partial charge in [-0.3, -0.25) is 4.79 Å². The number of primary amides is 1. The Morgan fingerprint density at radius 3 is 2.63 bits per heavy atom. The fourth-order valence-electron chi connectivity index (χ4n) is 1.76. The van der Waals surface area contributed by atoms with Crippen LogP contribution in [0.15, 0.2) is 24.3 Å². The van der Waals surface area contributed by atoms with E-state index >= 15 is 0 Å². The van der Waals surface area contributed by atoms with Crippen LogP contribution in [0.3, 0.4) is 0 Å².